The molecule has 0 atom stereocenters. The highest BCUT2D eigenvalue weighted by Gasteiger charge is 1.96. The fourth-order valence-corrected chi connectivity index (χ4v) is 1.43. The number of carbonyl (C=O) groups excluding carboxylic acids is 1. The van der Waals surface area contributed by atoms with Crippen LogP contribution in [0, 0.1) is 5.92 Å². The number of aryl methyl sites for hydroxylation is 1. The van der Waals surface area contributed by atoms with Crippen LogP contribution < -0.4 is 0 Å². The van der Waals surface area contributed by atoms with Gasteiger partial charge in [-0.1, -0.05) is 104 Å². The zero-order valence-electron chi connectivity index (χ0n) is 18.3. The van der Waals surface area contributed by atoms with Crippen molar-refractivity contribution in [3.8, 4) is 0 Å². The Morgan fingerprint density at radius 1 is 0.920 bits per heavy atom. The van der Waals surface area contributed by atoms with Gasteiger partial charge in [0.15, 0.2) is 0 Å². The second kappa shape index (κ2) is 25.7. The molecular formula is C22H42Cl2O. The van der Waals surface area contributed by atoms with Gasteiger partial charge < -0.3 is 4.79 Å². The largest absolute Gasteiger partial charge is 0.300 e. The second-order valence-electron chi connectivity index (χ2n) is 6.10. The molecule has 1 nitrogen and oxygen atoms in total. The number of rotatable bonds is 3. The van der Waals surface area contributed by atoms with Gasteiger partial charge in [0.25, 0.3) is 0 Å². The van der Waals surface area contributed by atoms with Crippen LogP contribution in [0.15, 0.2) is 18.2 Å². The molecule has 0 saturated carbocycles. The zero-order chi connectivity index (χ0) is 20.8. The molecule has 150 valence electrons. The van der Waals surface area contributed by atoms with Crippen molar-refractivity contribution in [1.29, 1.82) is 0 Å². The molecule has 3 heteroatoms. The third kappa shape index (κ3) is 39.9. The maximum atomic E-state index is 9.44. The van der Waals surface area contributed by atoms with E-state index in [9.17, 15) is 4.79 Å². The Labute approximate surface area is 168 Å². The molecule has 0 N–H and O–H groups in total. The molecule has 0 aromatic heterocycles. The minimum atomic E-state index is 0.167. The van der Waals surface area contributed by atoms with E-state index in [2.05, 4.69) is 41.5 Å². The molecule has 0 saturated heterocycles. The van der Waals surface area contributed by atoms with Crippen LogP contribution in [0.3, 0.4) is 0 Å². The first-order valence-electron chi connectivity index (χ1n) is 9.53. The van der Waals surface area contributed by atoms with E-state index in [1.54, 1.807) is 0 Å². The van der Waals surface area contributed by atoms with E-state index in [4.69, 9.17) is 23.2 Å². The molecule has 1 aromatic carbocycles. The van der Waals surface area contributed by atoms with E-state index in [0.29, 0.717) is 10.0 Å². The number of unbranched alkanes of at least 4 members (excludes halogenated alkanes) is 2. The number of ketones is 1. The van der Waals surface area contributed by atoms with Gasteiger partial charge in [-0.05, 0) is 43.9 Å². The fourth-order valence-electron chi connectivity index (χ4n) is 1.11. The van der Waals surface area contributed by atoms with Crippen LogP contribution in [0.2, 0.25) is 10.0 Å². The number of carbonyl (C=O) groups is 1. The van der Waals surface area contributed by atoms with E-state index < -0.39 is 0 Å². The summed E-state index contributed by atoms with van der Waals surface area (Å²) in [5.41, 5.74) is 1.22. The second-order valence-corrected chi connectivity index (χ2v) is 6.91. The molecule has 0 heterocycles. The molecule has 0 aliphatic heterocycles. The van der Waals surface area contributed by atoms with Gasteiger partial charge in [0.1, 0.15) is 5.78 Å². The molecule has 0 fully saturated rings. The Balaban J connectivity index is -0.000000126. The predicted octanol–water partition coefficient (Wildman–Crippen LogP) is 9.04. The number of benzene rings is 1. The summed E-state index contributed by atoms with van der Waals surface area (Å²) in [6.07, 6.45) is 5.07. The number of halogens is 2. The van der Waals surface area contributed by atoms with Gasteiger partial charge in [-0.25, -0.2) is 0 Å². The van der Waals surface area contributed by atoms with E-state index in [-0.39, 0.29) is 5.78 Å². The normalized spacial score (nSPS) is 8.36. The fraction of sp³-hybridized carbons (Fsp3) is 0.682. The molecule has 0 bridgehead atoms. The summed E-state index contributed by atoms with van der Waals surface area (Å²) >= 11 is 11.5. The van der Waals surface area contributed by atoms with Crippen molar-refractivity contribution >= 4 is 29.0 Å². The van der Waals surface area contributed by atoms with Crippen LogP contribution >= 0.6 is 23.2 Å². The highest BCUT2D eigenvalue weighted by atomic mass is 35.5. The smallest absolute Gasteiger partial charge is 0.126 e. The highest BCUT2D eigenvalue weighted by molar-refractivity contribution is 6.42. The van der Waals surface area contributed by atoms with Crippen molar-refractivity contribution in [3.63, 3.8) is 0 Å². The first-order valence-corrected chi connectivity index (χ1v) is 10.3. The Morgan fingerprint density at radius 3 is 1.48 bits per heavy atom. The monoisotopic (exact) mass is 392 g/mol. The Morgan fingerprint density at radius 2 is 1.28 bits per heavy atom. The minimum Gasteiger partial charge on any atom is -0.300 e. The first-order chi connectivity index (χ1) is 11.6. The van der Waals surface area contributed by atoms with Gasteiger partial charge >= 0.3 is 0 Å². The quantitative estimate of drug-likeness (QED) is 0.500. The van der Waals surface area contributed by atoms with Crippen molar-refractivity contribution in [2.45, 2.75) is 94.9 Å². The van der Waals surface area contributed by atoms with E-state index in [0.717, 1.165) is 12.3 Å². The summed E-state index contributed by atoms with van der Waals surface area (Å²) in [7, 11) is 0. The van der Waals surface area contributed by atoms with E-state index >= 15 is 0 Å². The molecule has 0 aliphatic rings. The van der Waals surface area contributed by atoms with Crippen LogP contribution in [-0.4, -0.2) is 5.78 Å². The van der Waals surface area contributed by atoms with Crippen LogP contribution in [0.5, 0.6) is 0 Å². The topological polar surface area (TPSA) is 17.1 Å². The molecule has 0 amide bonds. The third-order valence-electron chi connectivity index (χ3n) is 2.10. The lowest BCUT2D eigenvalue weighted by Crippen LogP contribution is -1.78. The predicted molar refractivity (Wildman–Crippen MR) is 119 cm³/mol. The maximum absolute atomic E-state index is 9.44. The molecule has 25 heavy (non-hydrogen) atoms. The number of hydrogen-bond acceptors (Lipinski definition) is 1. The SMILES string of the molecule is CC.CC(C)=O.CC(C)C.CCCCC.CCc1ccc(Cl)c(Cl)c1. The van der Waals surface area contributed by atoms with E-state index in [1.807, 2.05) is 32.0 Å². The van der Waals surface area contributed by atoms with Crippen LogP contribution in [0.4, 0.5) is 0 Å². The van der Waals surface area contributed by atoms with Gasteiger partial charge in [0.05, 0.1) is 10.0 Å². The van der Waals surface area contributed by atoms with Gasteiger partial charge in [-0.3, -0.25) is 0 Å². The van der Waals surface area contributed by atoms with Crippen molar-refractivity contribution in [3.05, 3.63) is 33.8 Å². The molecule has 1 rings (SSSR count). The summed E-state index contributed by atoms with van der Waals surface area (Å²) in [5.74, 6) is 1.00. The molecule has 0 aliphatic carbocycles. The number of Topliss-reactive ketones (excluding diaryl/α,β-unsaturated/α-hetero) is 1. The average molecular weight is 393 g/mol. The van der Waals surface area contributed by atoms with Gasteiger partial charge in [0.2, 0.25) is 0 Å². The van der Waals surface area contributed by atoms with Crippen molar-refractivity contribution in [1.82, 2.24) is 0 Å². The van der Waals surface area contributed by atoms with Crippen LogP contribution in [0.25, 0.3) is 0 Å². The average Bonchev–Trinajstić information content (AvgIpc) is 2.52. The molecule has 1 aromatic rings. The Hall–Kier alpha value is -0.530. The molecule has 0 radical (unpaired) electrons. The van der Waals surface area contributed by atoms with E-state index in [1.165, 1.54) is 38.7 Å². The Bertz CT molecular complexity index is 379. The van der Waals surface area contributed by atoms with Gasteiger partial charge in [0, 0.05) is 0 Å². The van der Waals surface area contributed by atoms with Crippen molar-refractivity contribution in [2.24, 2.45) is 5.92 Å². The van der Waals surface area contributed by atoms with Crippen molar-refractivity contribution in [2.75, 3.05) is 0 Å². The first kappa shape index (κ1) is 32.2. The maximum Gasteiger partial charge on any atom is 0.126 e. The summed E-state index contributed by atoms with van der Waals surface area (Å²) in [4.78, 5) is 9.44. The summed E-state index contributed by atoms with van der Waals surface area (Å²) in [6.45, 7) is 20.1. The standard InChI is InChI=1S/C8H8Cl2.C5H12.C4H10.C3H6O.C2H6/c1-2-6-3-4-7(9)8(10)5-6;1-3-5-4-2;1-4(2)3;1-3(2)4;1-2/h3-5H,2H2,1H3;3-5H2,1-2H3;4H,1-3H3;1-2H3;1-2H3. The molecule has 0 spiro atoms. The summed E-state index contributed by atoms with van der Waals surface area (Å²) < 4.78 is 0. The summed E-state index contributed by atoms with van der Waals surface area (Å²) in [6, 6.07) is 5.70. The summed E-state index contributed by atoms with van der Waals surface area (Å²) in [5, 5.41) is 1.26. The minimum absolute atomic E-state index is 0.167. The molecule has 0 unspecified atom stereocenters. The van der Waals surface area contributed by atoms with Crippen LogP contribution in [-0.2, 0) is 11.2 Å². The Kier molecular flexibility index (Phi) is 33.1. The molecular weight excluding hydrogens is 351 g/mol. The van der Waals surface area contributed by atoms with Crippen LogP contribution in [0.1, 0.15) is 94.1 Å². The van der Waals surface area contributed by atoms with Crippen molar-refractivity contribution < 1.29 is 4.79 Å². The van der Waals surface area contributed by atoms with Gasteiger partial charge in [-0.2, -0.15) is 0 Å². The lowest BCUT2D eigenvalue weighted by Gasteiger charge is -1.97. The number of hydrogen-bond donors (Lipinski definition) is 0. The van der Waals surface area contributed by atoms with Gasteiger partial charge in [-0.15, -0.1) is 0 Å². The zero-order valence-corrected chi connectivity index (χ0v) is 19.8. The third-order valence-corrected chi connectivity index (χ3v) is 2.84. The lowest BCUT2D eigenvalue weighted by atomic mass is 10.2. The lowest BCUT2D eigenvalue weighted by molar-refractivity contribution is -0.114. The highest BCUT2D eigenvalue weighted by Crippen LogP contribution is 2.22.